The van der Waals surface area contributed by atoms with Crippen molar-refractivity contribution < 1.29 is 4.79 Å². The van der Waals surface area contributed by atoms with Gasteiger partial charge < -0.3 is 16.0 Å². The molecule has 0 unspecified atom stereocenters. The number of nitrogens with one attached hydrogen (secondary N) is 1. The van der Waals surface area contributed by atoms with Gasteiger partial charge in [0.05, 0.1) is 0 Å². The average Bonchev–Trinajstić information content (AvgIpc) is 2.34. The number of urea groups is 1. The van der Waals surface area contributed by atoms with Crippen LogP contribution in [0.2, 0.25) is 0 Å². The Bertz CT molecular complexity index is 442. The first kappa shape index (κ1) is 13.2. The average molecular weight is 312 g/mol. The lowest BCUT2D eigenvalue weighted by atomic mass is 10.0. The van der Waals surface area contributed by atoms with Crippen LogP contribution >= 0.6 is 15.9 Å². The number of primary amides is 1. The molecule has 1 aliphatic heterocycles. The Morgan fingerprint density at radius 1 is 1.44 bits per heavy atom. The minimum Gasteiger partial charge on any atom is -0.382 e. The molecule has 1 aromatic rings. The molecule has 1 heterocycles. The number of halogens is 1. The molecule has 0 saturated carbocycles. The standard InChI is InChI=1S/C13H18BrN3O/c1-9-2-3-11(8-12(9)14)16-10-4-6-17(7-5-10)13(15)18/h2-3,8,10,16H,4-7H2,1H3,(H2,15,18). The summed E-state index contributed by atoms with van der Waals surface area (Å²) in [6.45, 7) is 3.54. The molecule has 1 aliphatic rings. The molecule has 1 aromatic carbocycles. The summed E-state index contributed by atoms with van der Waals surface area (Å²) < 4.78 is 1.11. The van der Waals surface area contributed by atoms with Crippen molar-refractivity contribution in [1.82, 2.24) is 4.90 Å². The molecule has 0 aromatic heterocycles. The predicted molar refractivity (Wildman–Crippen MR) is 76.7 cm³/mol. The summed E-state index contributed by atoms with van der Waals surface area (Å²) >= 11 is 3.53. The number of likely N-dealkylation sites (tertiary alicyclic amines) is 1. The molecule has 1 saturated heterocycles. The fourth-order valence-electron chi connectivity index (χ4n) is 2.16. The van der Waals surface area contributed by atoms with Gasteiger partial charge in [0, 0.05) is 29.3 Å². The summed E-state index contributed by atoms with van der Waals surface area (Å²) in [7, 11) is 0. The number of anilines is 1. The van der Waals surface area contributed by atoms with E-state index in [4.69, 9.17) is 5.73 Å². The fraction of sp³-hybridized carbons (Fsp3) is 0.462. The van der Waals surface area contributed by atoms with E-state index in [1.807, 2.05) is 0 Å². The third kappa shape index (κ3) is 3.16. The second-order valence-electron chi connectivity index (χ2n) is 4.71. The molecule has 1 fully saturated rings. The van der Waals surface area contributed by atoms with Crippen molar-refractivity contribution in [3.05, 3.63) is 28.2 Å². The van der Waals surface area contributed by atoms with Gasteiger partial charge in [-0.2, -0.15) is 0 Å². The van der Waals surface area contributed by atoms with Gasteiger partial charge in [-0.05, 0) is 37.5 Å². The topological polar surface area (TPSA) is 58.4 Å². The Balaban J connectivity index is 1.91. The number of carbonyl (C=O) groups excluding carboxylic acids is 1. The smallest absolute Gasteiger partial charge is 0.314 e. The van der Waals surface area contributed by atoms with E-state index < -0.39 is 0 Å². The number of benzene rings is 1. The Hall–Kier alpha value is -1.23. The van der Waals surface area contributed by atoms with Crippen molar-refractivity contribution in [2.24, 2.45) is 5.73 Å². The van der Waals surface area contributed by atoms with Crippen molar-refractivity contribution in [3.8, 4) is 0 Å². The van der Waals surface area contributed by atoms with E-state index in [0.717, 1.165) is 36.1 Å². The number of nitrogens with zero attached hydrogens (tertiary/aromatic N) is 1. The number of carbonyl (C=O) groups is 1. The monoisotopic (exact) mass is 311 g/mol. The van der Waals surface area contributed by atoms with Gasteiger partial charge in [0.25, 0.3) is 0 Å². The summed E-state index contributed by atoms with van der Waals surface area (Å²) in [5.41, 5.74) is 7.60. The van der Waals surface area contributed by atoms with Gasteiger partial charge in [-0.3, -0.25) is 0 Å². The van der Waals surface area contributed by atoms with Crippen LogP contribution in [0.4, 0.5) is 10.5 Å². The maximum atomic E-state index is 11.0. The van der Waals surface area contributed by atoms with E-state index >= 15 is 0 Å². The highest BCUT2D eigenvalue weighted by atomic mass is 79.9. The zero-order chi connectivity index (χ0) is 13.1. The molecule has 98 valence electrons. The minimum absolute atomic E-state index is 0.313. The maximum absolute atomic E-state index is 11.0. The molecule has 18 heavy (non-hydrogen) atoms. The van der Waals surface area contributed by atoms with Crippen LogP contribution in [0.3, 0.4) is 0 Å². The number of rotatable bonds is 2. The molecular weight excluding hydrogens is 294 g/mol. The Morgan fingerprint density at radius 3 is 2.67 bits per heavy atom. The summed E-state index contributed by atoms with van der Waals surface area (Å²) in [6, 6.07) is 6.36. The summed E-state index contributed by atoms with van der Waals surface area (Å²) in [5, 5.41) is 3.50. The lowest BCUT2D eigenvalue weighted by molar-refractivity contribution is 0.193. The van der Waals surface area contributed by atoms with Crippen LogP contribution in [-0.4, -0.2) is 30.1 Å². The van der Waals surface area contributed by atoms with E-state index in [1.165, 1.54) is 5.56 Å². The van der Waals surface area contributed by atoms with Crippen LogP contribution < -0.4 is 11.1 Å². The first-order valence-electron chi connectivity index (χ1n) is 6.13. The molecular formula is C13H18BrN3O. The second kappa shape index (κ2) is 5.61. The van der Waals surface area contributed by atoms with Crippen molar-refractivity contribution in [3.63, 3.8) is 0 Å². The zero-order valence-electron chi connectivity index (χ0n) is 10.4. The fourth-order valence-corrected chi connectivity index (χ4v) is 2.54. The lowest BCUT2D eigenvalue weighted by Crippen LogP contribution is -2.44. The number of hydrogen-bond acceptors (Lipinski definition) is 2. The third-order valence-corrected chi connectivity index (χ3v) is 4.20. The summed E-state index contributed by atoms with van der Waals surface area (Å²) in [5.74, 6) is 0. The van der Waals surface area contributed by atoms with E-state index in [0.29, 0.717) is 6.04 Å². The number of amides is 2. The zero-order valence-corrected chi connectivity index (χ0v) is 12.0. The van der Waals surface area contributed by atoms with Gasteiger partial charge in [-0.25, -0.2) is 4.79 Å². The molecule has 2 rings (SSSR count). The number of piperidine rings is 1. The van der Waals surface area contributed by atoms with Gasteiger partial charge in [-0.1, -0.05) is 22.0 Å². The van der Waals surface area contributed by atoms with E-state index in [-0.39, 0.29) is 6.03 Å². The van der Waals surface area contributed by atoms with Gasteiger partial charge >= 0.3 is 6.03 Å². The Labute approximate surface area is 116 Å². The highest BCUT2D eigenvalue weighted by Crippen LogP contribution is 2.23. The van der Waals surface area contributed by atoms with Gasteiger partial charge in [-0.15, -0.1) is 0 Å². The number of nitrogens with two attached hydrogens (primary N) is 1. The number of hydrogen-bond donors (Lipinski definition) is 2. The van der Waals surface area contributed by atoms with Crippen molar-refractivity contribution in [2.45, 2.75) is 25.8 Å². The first-order chi connectivity index (χ1) is 8.56. The van der Waals surface area contributed by atoms with Crippen LogP contribution in [0.15, 0.2) is 22.7 Å². The summed E-state index contributed by atoms with van der Waals surface area (Å²) in [4.78, 5) is 12.7. The van der Waals surface area contributed by atoms with Crippen molar-refractivity contribution in [2.75, 3.05) is 18.4 Å². The largest absolute Gasteiger partial charge is 0.382 e. The van der Waals surface area contributed by atoms with E-state index in [1.54, 1.807) is 4.90 Å². The molecule has 3 N–H and O–H groups in total. The van der Waals surface area contributed by atoms with Crippen LogP contribution in [0.25, 0.3) is 0 Å². The third-order valence-electron chi connectivity index (χ3n) is 3.35. The molecule has 0 radical (unpaired) electrons. The second-order valence-corrected chi connectivity index (χ2v) is 5.56. The van der Waals surface area contributed by atoms with Gasteiger partial charge in [0.15, 0.2) is 0 Å². The van der Waals surface area contributed by atoms with Crippen LogP contribution in [0.5, 0.6) is 0 Å². The summed E-state index contributed by atoms with van der Waals surface area (Å²) in [6.07, 6.45) is 1.88. The molecule has 0 spiro atoms. The van der Waals surface area contributed by atoms with E-state index in [2.05, 4.69) is 46.4 Å². The van der Waals surface area contributed by atoms with Gasteiger partial charge in [0.1, 0.15) is 0 Å². The molecule has 0 aliphatic carbocycles. The lowest BCUT2D eigenvalue weighted by Gasteiger charge is -2.31. The molecule has 0 atom stereocenters. The highest BCUT2D eigenvalue weighted by Gasteiger charge is 2.20. The quantitative estimate of drug-likeness (QED) is 0.882. The normalized spacial score (nSPS) is 16.7. The van der Waals surface area contributed by atoms with Crippen LogP contribution in [0.1, 0.15) is 18.4 Å². The molecule has 0 bridgehead atoms. The van der Waals surface area contributed by atoms with Crippen molar-refractivity contribution in [1.29, 1.82) is 0 Å². The maximum Gasteiger partial charge on any atom is 0.314 e. The van der Waals surface area contributed by atoms with Crippen LogP contribution in [-0.2, 0) is 0 Å². The Morgan fingerprint density at radius 2 is 2.11 bits per heavy atom. The minimum atomic E-state index is -0.313. The molecule has 5 heteroatoms. The number of aryl methyl sites for hydroxylation is 1. The Kier molecular flexibility index (Phi) is 4.11. The SMILES string of the molecule is Cc1ccc(NC2CCN(C(N)=O)CC2)cc1Br. The first-order valence-corrected chi connectivity index (χ1v) is 6.92. The molecule has 2 amide bonds. The highest BCUT2D eigenvalue weighted by molar-refractivity contribution is 9.10. The molecule has 4 nitrogen and oxygen atoms in total. The predicted octanol–water partition coefficient (Wildman–Crippen LogP) is 2.71. The van der Waals surface area contributed by atoms with Crippen LogP contribution in [0, 0.1) is 6.92 Å². The van der Waals surface area contributed by atoms with E-state index in [9.17, 15) is 4.79 Å². The van der Waals surface area contributed by atoms with Gasteiger partial charge in [0.2, 0.25) is 0 Å². The van der Waals surface area contributed by atoms with Crippen molar-refractivity contribution >= 4 is 27.6 Å².